The number of hydrogen-bond donors (Lipinski definition) is 0. The normalized spacial score (nSPS) is 23.4. The molecule has 0 N–H and O–H groups in total. The van der Waals surface area contributed by atoms with E-state index < -0.39 is 9.17 Å². The lowest BCUT2D eigenvalue weighted by Gasteiger charge is -2.23. The van der Waals surface area contributed by atoms with Crippen molar-refractivity contribution in [2.24, 2.45) is 0 Å². The SMILES string of the molecule is FC(Cl)(Br)C(F)(Cl)CCBr. The van der Waals surface area contributed by atoms with E-state index in [1.54, 1.807) is 0 Å². The van der Waals surface area contributed by atoms with E-state index >= 15 is 0 Å². The highest BCUT2D eigenvalue weighted by Gasteiger charge is 2.48. The molecule has 0 saturated heterocycles. The zero-order valence-electron chi connectivity index (χ0n) is 4.68. The van der Waals surface area contributed by atoms with Gasteiger partial charge in [-0.05, 0) is 15.9 Å². The Balaban J connectivity index is 4.10. The minimum Gasteiger partial charge on any atom is -0.220 e. The molecule has 0 spiro atoms. The van der Waals surface area contributed by atoms with Crippen molar-refractivity contribution in [2.45, 2.75) is 15.6 Å². The Hall–Kier alpha value is 1.40. The topological polar surface area (TPSA) is 0 Å². The van der Waals surface area contributed by atoms with Crippen molar-refractivity contribution in [1.82, 2.24) is 0 Å². The first kappa shape index (κ1) is 11.4. The molecular formula is C4H4Br2Cl2F2. The van der Waals surface area contributed by atoms with Crippen molar-refractivity contribution in [2.75, 3.05) is 5.33 Å². The number of halogens is 6. The summed E-state index contributed by atoms with van der Waals surface area (Å²) in [6, 6.07) is 0. The van der Waals surface area contributed by atoms with E-state index in [9.17, 15) is 8.78 Å². The minimum absolute atomic E-state index is 0.209. The lowest BCUT2D eigenvalue weighted by atomic mass is 10.3. The van der Waals surface area contributed by atoms with Gasteiger partial charge in [-0.1, -0.05) is 39.1 Å². The number of alkyl halides is 6. The molecule has 2 unspecified atom stereocenters. The highest BCUT2D eigenvalue weighted by Crippen LogP contribution is 2.45. The van der Waals surface area contributed by atoms with E-state index in [0.717, 1.165) is 0 Å². The van der Waals surface area contributed by atoms with Gasteiger partial charge in [0.05, 0.1) is 0 Å². The van der Waals surface area contributed by atoms with Crippen molar-refractivity contribution in [3.8, 4) is 0 Å². The average Bonchev–Trinajstić information content (AvgIpc) is 1.61. The second-order valence-corrected chi connectivity index (χ2v) is 5.10. The lowest BCUT2D eigenvalue weighted by Crippen LogP contribution is -2.32. The molecule has 0 amide bonds. The first-order chi connectivity index (χ1) is 4.31. The summed E-state index contributed by atoms with van der Waals surface area (Å²) in [5.41, 5.74) is 0. The summed E-state index contributed by atoms with van der Waals surface area (Å²) in [6.45, 7) is 0. The van der Waals surface area contributed by atoms with Crippen LogP contribution in [0.3, 0.4) is 0 Å². The Morgan fingerprint density at radius 2 is 1.70 bits per heavy atom. The summed E-state index contributed by atoms with van der Waals surface area (Å²) in [7, 11) is 0. The predicted molar refractivity (Wildman–Crippen MR) is 46.7 cm³/mol. The maximum Gasteiger partial charge on any atom is 0.285 e. The fourth-order valence-electron chi connectivity index (χ4n) is 0.260. The van der Waals surface area contributed by atoms with Crippen LogP contribution in [0, 0.1) is 0 Å². The molecule has 0 saturated carbocycles. The first-order valence-electron chi connectivity index (χ1n) is 2.32. The summed E-state index contributed by atoms with van der Waals surface area (Å²) in [5, 5.41) is -2.32. The van der Waals surface area contributed by atoms with Gasteiger partial charge in [-0.15, -0.1) is 0 Å². The molecular weight excluding hydrogens is 317 g/mol. The van der Waals surface area contributed by atoms with Crippen LogP contribution in [0.25, 0.3) is 0 Å². The van der Waals surface area contributed by atoms with E-state index in [1.807, 2.05) is 0 Å². The van der Waals surface area contributed by atoms with Gasteiger partial charge < -0.3 is 0 Å². The predicted octanol–water partition coefficient (Wildman–Crippen LogP) is 3.93. The third kappa shape index (κ3) is 3.20. The summed E-state index contributed by atoms with van der Waals surface area (Å²) in [6.07, 6.45) is -0.209. The minimum atomic E-state index is -2.70. The van der Waals surface area contributed by atoms with Gasteiger partial charge in [-0.2, -0.15) is 0 Å². The molecule has 0 aromatic rings. The third-order valence-electron chi connectivity index (χ3n) is 0.823. The summed E-state index contributed by atoms with van der Waals surface area (Å²) < 4.78 is 22.6. The van der Waals surface area contributed by atoms with Crippen molar-refractivity contribution in [1.29, 1.82) is 0 Å². The Labute approximate surface area is 84.5 Å². The van der Waals surface area contributed by atoms with Crippen molar-refractivity contribution >= 4 is 55.1 Å². The molecule has 0 aromatic carbocycles. The summed E-state index contributed by atoms with van der Waals surface area (Å²) in [5.74, 6) is 0. The highest BCUT2D eigenvalue weighted by atomic mass is 79.9. The van der Waals surface area contributed by atoms with Gasteiger partial charge >= 0.3 is 0 Å². The van der Waals surface area contributed by atoms with Gasteiger partial charge in [0.2, 0.25) is 5.13 Å². The Kier molecular flexibility index (Phi) is 4.42. The summed E-state index contributed by atoms with van der Waals surface area (Å²) in [4.78, 5) is 0. The number of rotatable bonds is 3. The fourth-order valence-corrected chi connectivity index (χ4v) is 1.42. The molecule has 10 heavy (non-hydrogen) atoms. The van der Waals surface area contributed by atoms with Crippen LogP contribution < -0.4 is 0 Å². The molecule has 62 valence electrons. The second-order valence-electron chi connectivity index (χ2n) is 1.64. The van der Waals surface area contributed by atoms with Crippen LogP contribution in [0.2, 0.25) is 0 Å². The van der Waals surface area contributed by atoms with Crippen molar-refractivity contribution in [3.05, 3.63) is 0 Å². The van der Waals surface area contributed by atoms with Crippen LogP contribution in [-0.2, 0) is 0 Å². The van der Waals surface area contributed by atoms with E-state index in [1.165, 1.54) is 0 Å². The molecule has 0 heterocycles. The largest absolute Gasteiger partial charge is 0.285 e. The molecule has 0 fully saturated rings. The maximum atomic E-state index is 12.8. The van der Waals surface area contributed by atoms with Crippen LogP contribution >= 0.6 is 55.1 Å². The monoisotopic (exact) mass is 318 g/mol. The van der Waals surface area contributed by atoms with Crippen molar-refractivity contribution < 1.29 is 8.78 Å². The standard InChI is InChI=1S/C4H4Br2Cl2F2/c5-2-1-3(7,9)4(6,8)10/h1-2H2. The Morgan fingerprint density at radius 1 is 1.30 bits per heavy atom. The fraction of sp³-hybridized carbons (Fsp3) is 1.00. The van der Waals surface area contributed by atoms with Gasteiger partial charge in [0, 0.05) is 11.8 Å². The second kappa shape index (κ2) is 3.87. The molecule has 0 aromatic heterocycles. The Morgan fingerprint density at radius 3 is 1.80 bits per heavy atom. The van der Waals surface area contributed by atoms with Gasteiger partial charge in [-0.3, -0.25) is 0 Å². The summed E-state index contributed by atoms with van der Waals surface area (Å²) >= 11 is 15.2. The highest BCUT2D eigenvalue weighted by molar-refractivity contribution is 9.10. The van der Waals surface area contributed by atoms with Crippen LogP contribution in [0.15, 0.2) is 0 Å². The Bertz CT molecular complexity index is 112. The molecule has 6 heteroatoms. The third-order valence-corrected chi connectivity index (χ3v) is 2.92. The number of hydrogen-bond acceptors (Lipinski definition) is 0. The van der Waals surface area contributed by atoms with Crippen molar-refractivity contribution in [3.63, 3.8) is 0 Å². The molecule has 0 bridgehead atoms. The molecule has 0 aliphatic rings. The quantitative estimate of drug-likeness (QED) is 0.691. The molecule has 0 rings (SSSR count). The van der Waals surface area contributed by atoms with E-state index in [2.05, 4.69) is 31.9 Å². The molecule has 0 aliphatic heterocycles. The molecule has 0 radical (unpaired) electrons. The molecule has 0 nitrogen and oxygen atoms in total. The molecule has 0 aliphatic carbocycles. The van der Waals surface area contributed by atoms with E-state index in [4.69, 9.17) is 23.2 Å². The van der Waals surface area contributed by atoms with Gasteiger partial charge in [-0.25, -0.2) is 8.78 Å². The zero-order valence-corrected chi connectivity index (χ0v) is 9.37. The molecule has 2 atom stereocenters. The van der Waals surface area contributed by atoms with Crippen LogP contribution in [0.4, 0.5) is 8.78 Å². The van der Waals surface area contributed by atoms with Crippen LogP contribution in [-0.4, -0.2) is 14.5 Å². The van der Waals surface area contributed by atoms with Gasteiger partial charge in [0.15, 0.2) is 0 Å². The lowest BCUT2D eigenvalue weighted by molar-refractivity contribution is 0.163. The average molecular weight is 321 g/mol. The first-order valence-corrected chi connectivity index (χ1v) is 4.99. The van der Waals surface area contributed by atoms with E-state index in [-0.39, 0.29) is 11.8 Å². The maximum absolute atomic E-state index is 12.8. The van der Waals surface area contributed by atoms with Crippen LogP contribution in [0.1, 0.15) is 6.42 Å². The smallest absolute Gasteiger partial charge is 0.220 e. The van der Waals surface area contributed by atoms with E-state index in [0.29, 0.717) is 0 Å². The van der Waals surface area contributed by atoms with Gasteiger partial charge in [0.1, 0.15) is 0 Å². The zero-order chi connectivity index (χ0) is 8.41. The van der Waals surface area contributed by atoms with Crippen LogP contribution in [0.5, 0.6) is 0 Å². The van der Waals surface area contributed by atoms with Gasteiger partial charge in [0.25, 0.3) is 4.04 Å².